The lowest BCUT2D eigenvalue weighted by Gasteiger charge is -1.76. The van der Waals surface area contributed by atoms with E-state index in [2.05, 4.69) is 24.3 Å². The first-order valence-corrected chi connectivity index (χ1v) is 5.58. The second-order valence-corrected chi connectivity index (χ2v) is 4.14. The minimum Gasteiger partial charge on any atom is -0.381 e. The van der Waals surface area contributed by atoms with E-state index in [1.807, 2.05) is 11.3 Å². The lowest BCUT2D eigenvalue weighted by molar-refractivity contribution is 0.198. The molecule has 0 radical (unpaired) electrons. The Morgan fingerprint density at radius 2 is 1.53 bits per heavy atom. The Balaban J connectivity index is 0.000000125. The van der Waals surface area contributed by atoms with Crippen LogP contribution in [0.15, 0.2) is 24.3 Å². The van der Waals surface area contributed by atoms with Crippen LogP contribution >= 0.6 is 11.3 Å². The van der Waals surface area contributed by atoms with E-state index in [-0.39, 0.29) is 0 Å². The third kappa shape index (κ3) is 4.70. The first-order chi connectivity index (χ1) is 7.36. The van der Waals surface area contributed by atoms with Crippen LogP contribution in [-0.2, 0) is 9.53 Å². The average Bonchev–Trinajstić information content (AvgIpc) is 3.01. The van der Waals surface area contributed by atoms with E-state index in [1.54, 1.807) is 0 Å². The Morgan fingerprint density at radius 3 is 1.67 bits per heavy atom. The first kappa shape index (κ1) is 11.9. The van der Waals surface area contributed by atoms with E-state index >= 15 is 0 Å². The van der Waals surface area contributed by atoms with Gasteiger partial charge in [-0.15, -0.1) is 11.3 Å². The predicted molar refractivity (Wildman–Crippen MR) is 61.5 cm³/mol. The molecule has 2 bridgehead atoms. The molecule has 0 atom stereocenters. The molecular weight excluding hydrogens is 210 g/mol. The molecule has 3 rings (SSSR count). The molecular formula is C11H13NO2S. The molecule has 3 nitrogen and oxygen atoms in total. The molecule has 2 aromatic rings. The first-order valence-electron chi connectivity index (χ1n) is 4.76. The quantitative estimate of drug-likeness (QED) is 0.551. The lowest BCUT2D eigenvalue weighted by Crippen LogP contribution is -1.74. The molecule has 1 fully saturated rings. The van der Waals surface area contributed by atoms with Crippen LogP contribution in [0.3, 0.4) is 0 Å². The van der Waals surface area contributed by atoms with Crippen LogP contribution in [0.2, 0.25) is 0 Å². The van der Waals surface area contributed by atoms with Crippen LogP contribution in [0.5, 0.6) is 0 Å². The number of fused-ring (bicyclic) bond motifs is 2. The van der Waals surface area contributed by atoms with Gasteiger partial charge in [0, 0.05) is 22.6 Å². The van der Waals surface area contributed by atoms with Gasteiger partial charge in [0.05, 0.1) is 0 Å². The van der Waals surface area contributed by atoms with Gasteiger partial charge in [0.2, 0.25) is 6.08 Å². The zero-order valence-corrected chi connectivity index (χ0v) is 9.18. The summed E-state index contributed by atoms with van der Waals surface area (Å²) < 4.78 is 7.71. The van der Waals surface area contributed by atoms with Gasteiger partial charge in [-0.1, -0.05) is 0 Å². The van der Waals surface area contributed by atoms with E-state index in [4.69, 9.17) is 14.9 Å². The number of nitrogens with one attached hydrogen (secondary N) is 1. The Bertz CT molecular complexity index is 336. The third-order valence-electron chi connectivity index (χ3n) is 1.89. The summed E-state index contributed by atoms with van der Waals surface area (Å²) in [5.41, 5.74) is 0. The van der Waals surface area contributed by atoms with Crippen LogP contribution in [0.25, 0.3) is 9.40 Å². The fourth-order valence-electron chi connectivity index (χ4n) is 1.22. The second-order valence-electron chi connectivity index (χ2n) is 3.00. The van der Waals surface area contributed by atoms with Crippen LogP contribution in [0, 0.1) is 5.41 Å². The second kappa shape index (κ2) is 7.12. The molecule has 0 saturated carbocycles. The van der Waals surface area contributed by atoms with Gasteiger partial charge < -0.3 is 4.74 Å². The molecule has 80 valence electrons. The van der Waals surface area contributed by atoms with E-state index in [1.165, 1.54) is 22.2 Å². The van der Waals surface area contributed by atoms with Crippen molar-refractivity contribution in [3.8, 4) is 0 Å². The maximum absolute atomic E-state index is 8.35. The molecule has 4 heteroatoms. The van der Waals surface area contributed by atoms with Crippen molar-refractivity contribution in [2.24, 2.45) is 0 Å². The summed E-state index contributed by atoms with van der Waals surface area (Å²) in [6, 6.07) is 8.56. The molecule has 15 heavy (non-hydrogen) atoms. The number of hydrogen-bond donors (Lipinski definition) is 1. The van der Waals surface area contributed by atoms with Crippen LogP contribution in [-0.4, -0.2) is 19.3 Å². The minimum absolute atomic E-state index is 0.750. The number of carbonyl (C=O) groups excluding carboxylic acids is 1. The van der Waals surface area contributed by atoms with E-state index in [9.17, 15) is 0 Å². The summed E-state index contributed by atoms with van der Waals surface area (Å²) in [7, 11) is 0. The maximum atomic E-state index is 8.35. The molecule has 1 N–H and O–H groups in total. The third-order valence-corrected chi connectivity index (χ3v) is 2.90. The monoisotopic (exact) mass is 223 g/mol. The number of ether oxygens (including phenoxy) is 1. The topological polar surface area (TPSA) is 50.1 Å². The maximum Gasteiger partial charge on any atom is 0.231 e. The van der Waals surface area contributed by atoms with Gasteiger partial charge >= 0.3 is 0 Å². The molecule has 1 saturated heterocycles. The number of rotatable bonds is 0. The summed E-state index contributed by atoms with van der Waals surface area (Å²) in [4.78, 5) is 8.35. The van der Waals surface area contributed by atoms with Gasteiger partial charge in [-0.3, -0.25) is 0 Å². The molecule has 1 aliphatic heterocycles. The van der Waals surface area contributed by atoms with Crippen molar-refractivity contribution in [1.82, 2.24) is 0 Å². The highest BCUT2D eigenvalue weighted by molar-refractivity contribution is 7.24. The highest BCUT2D eigenvalue weighted by Crippen LogP contribution is 2.22. The van der Waals surface area contributed by atoms with Crippen molar-refractivity contribution in [2.45, 2.75) is 12.8 Å². The van der Waals surface area contributed by atoms with Gasteiger partial charge in [0.25, 0.3) is 0 Å². The van der Waals surface area contributed by atoms with Crippen molar-refractivity contribution < 1.29 is 9.53 Å². The smallest absolute Gasteiger partial charge is 0.231 e. The fraction of sp³-hybridized carbons (Fsp3) is 0.364. The number of hydrogen-bond acceptors (Lipinski definition) is 4. The van der Waals surface area contributed by atoms with Crippen molar-refractivity contribution in [1.29, 1.82) is 5.41 Å². The van der Waals surface area contributed by atoms with E-state index in [0.717, 1.165) is 19.3 Å². The SMILES string of the molecule is C1CCOC1.N=C=O.c1cc2ccc1s2. The summed E-state index contributed by atoms with van der Waals surface area (Å²) in [6.07, 6.45) is 3.31. The van der Waals surface area contributed by atoms with Crippen molar-refractivity contribution in [2.75, 3.05) is 13.2 Å². The highest BCUT2D eigenvalue weighted by Gasteiger charge is 1.94. The van der Waals surface area contributed by atoms with Gasteiger partial charge in [-0.25, -0.2) is 10.2 Å². The molecule has 0 aromatic carbocycles. The predicted octanol–water partition coefficient (Wildman–Crippen LogP) is 3.04. The molecule has 0 amide bonds. The average molecular weight is 223 g/mol. The van der Waals surface area contributed by atoms with Gasteiger partial charge in [-0.2, -0.15) is 0 Å². The van der Waals surface area contributed by atoms with Crippen LogP contribution in [0.1, 0.15) is 12.8 Å². The number of isocyanates is 1. The lowest BCUT2D eigenvalue weighted by atomic mass is 10.4. The van der Waals surface area contributed by atoms with Gasteiger partial charge in [-0.05, 0) is 37.1 Å². The van der Waals surface area contributed by atoms with E-state index < -0.39 is 0 Å². The number of benzene rings is 1. The number of thiophene rings is 2. The molecule has 0 spiro atoms. The Labute approximate surface area is 92.5 Å². The molecule has 0 unspecified atom stereocenters. The van der Waals surface area contributed by atoms with Crippen molar-refractivity contribution in [3.05, 3.63) is 24.3 Å². The van der Waals surface area contributed by atoms with Crippen molar-refractivity contribution >= 4 is 26.8 Å². The van der Waals surface area contributed by atoms with Crippen molar-refractivity contribution in [3.63, 3.8) is 0 Å². The minimum atomic E-state index is 0.750. The Morgan fingerprint density at radius 1 is 1.13 bits per heavy atom. The largest absolute Gasteiger partial charge is 0.381 e. The molecule has 0 aliphatic carbocycles. The standard InChI is InChI=1S/C6H4S.C4H8O.CHNO/c1-2-6-4-3-5(1)7-6;1-2-4-5-3-1;2-1-3/h1-4H;1-4H2;2H. The van der Waals surface area contributed by atoms with E-state index in [0.29, 0.717) is 0 Å². The summed E-state index contributed by atoms with van der Waals surface area (Å²) in [5, 5.41) is 5.40. The zero-order chi connectivity index (χ0) is 10.9. The molecule has 3 heterocycles. The molecule has 2 aromatic heterocycles. The summed E-state index contributed by atoms with van der Waals surface area (Å²) in [5.74, 6) is 0. The Kier molecular flexibility index (Phi) is 5.63. The fourth-order valence-corrected chi connectivity index (χ4v) is 2.04. The zero-order valence-electron chi connectivity index (χ0n) is 8.36. The van der Waals surface area contributed by atoms with Gasteiger partial charge in [0.15, 0.2) is 0 Å². The molecule has 1 aliphatic rings. The van der Waals surface area contributed by atoms with Gasteiger partial charge in [0.1, 0.15) is 0 Å². The highest BCUT2D eigenvalue weighted by atomic mass is 32.1. The van der Waals surface area contributed by atoms with Crippen LogP contribution in [0.4, 0.5) is 0 Å². The normalized spacial score (nSPS) is 13.6. The van der Waals surface area contributed by atoms with Crippen LogP contribution < -0.4 is 0 Å². The summed E-state index contributed by atoms with van der Waals surface area (Å²) in [6.45, 7) is 2.00. The summed E-state index contributed by atoms with van der Waals surface area (Å²) >= 11 is 1.84. The Hall–Kier alpha value is -1.22.